The van der Waals surface area contributed by atoms with Crippen LogP contribution in [0.3, 0.4) is 0 Å². The highest BCUT2D eigenvalue weighted by atomic mass is 79.9. The standard InChI is InChI=1S/C15H10F4O.C13H10BrFO.C2BrF3/c16-12-7-6-10(8-13(17)15(18)19)9-14(12)20-11-4-2-1-3-5-11;14-9-10-6-7-12(15)13(8-10)16-11-4-2-1-3-5-11;3-1(4)2(5)6/h1-7,9H,8H2;1-8H,9H2;. The zero-order chi connectivity index (χ0) is 31.1. The Bertz CT molecular complexity index is 1460. The summed E-state index contributed by atoms with van der Waals surface area (Å²) in [6, 6.07) is 25.9. The number of benzene rings is 4. The molecule has 0 bridgehead atoms. The van der Waals surface area contributed by atoms with Gasteiger partial charge in [0.1, 0.15) is 11.5 Å². The zero-order valence-corrected chi connectivity index (χ0v) is 24.4. The average molecular weight is 724 g/mol. The summed E-state index contributed by atoms with van der Waals surface area (Å²) in [5.41, 5.74) is 1.18. The first kappa shape index (κ1) is 34.6. The third-order valence-electron chi connectivity index (χ3n) is 4.79. The third-order valence-corrected chi connectivity index (χ3v) is 5.74. The molecule has 12 heteroatoms. The number of hydrogen-bond donors (Lipinski definition) is 0. The highest BCUT2D eigenvalue weighted by Gasteiger charge is 2.11. The van der Waals surface area contributed by atoms with E-state index in [2.05, 4.69) is 15.9 Å². The van der Waals surface area contributed by atoms with E-state index in [1.165, 1.54) is 18.2 Å². The van der Waals surface area contributed by atoms with Crippen molar-refractivity contribution in [2.45, 2.75) is 11.8 Å². The topological polar surface area (TPSA) is 18.5 Å². The number of allylic oxidation sites excluding steroid dienone is 1. The lowest BCUT2D eigenvalue weighted by Crippen LogP contribution is -1.92. The molecule has 0 aromatic heterocycles. The number of rotatable bonds is 7. The maximum absolute atomic E-state index is 13.6. The largest absolute Gasteiger partial charge is 0.454 e. The van der Waals surface area contributed by atoms with E-state index in [4.69, 9.17) is 9.47 Å². The first-order valence-electron chi connectivity index (χ1n) is 11.6. The fraction of sp³-hybridized carbons (Fsp3) is 0.0667. The van der Waals surface area contributed by atoms with E-state index in [-0.39, 0.29) is 22.9 Å². The van der Waals surface area contributed by atoms with Crippen molar-refractivity contribution in [3.63, 3.8) is 0 Å². The summed E-state index contributed by atoms with van der Waals surface area (Å²) in [6.45, 7) is 0. The van der Waals surface area contributed by atoms with Gasteiger partial charge >= 0.3 is 12.2 Å². The Kier molecular flexibility index (Phi) is 14.8. The Morgan fingerprint density at radius 1 is 0.571 bits per heavy atom. The van der Waals surface area contributed by atoms with Crippen molar-refractivity contribution in [1.82, 2.24) is 0 Å². The van der Waals surface area contributed by atoms with Gasteiger partial charge in [0.05, 0.1) is 0 Å². The highest BCUT2D eigenvalue weighted by Crippen LogP contribution is 2.28. The number of halogens is 10. The van der Waals surface area contributed by atoms with Crippen LogP contribution in [0.2, 0.25) is 0 Å². The number of alkyl halides is 1. The molecule has 0 atom stereocenters. The maximum Gasteiger partial charge on any atom is 0.312 e. The molecule has 0 aliphatic carbocycles. The van der Waals surface area contributed by atoms with Gasteiger partial charge in [-0.3, -0.25) is 0 Å². The molecule has 42 heavy (non-hydrogen) atoms. The fourth-order valence-electron chi connectivity index (χ4n) is 2.92. The van der Waals surface area contributed by atoms with Gasteiger partial charge in [0.25, 0.3) is 0 Å². The van der Waals surface area contributed by atoms with Crippen molar-refractivity contribution in [3.05, 3.63) is 143 Å². The molecular formula is C30H20Br2F8O2. The van der Waals surface area contributed by atoms with E-state index in [1.807, 2.05) is 34.1 Å². The van der Waals surface area contributed by atoms with Crippen LogP contribution in [0, 0.1) is 11.6 Å². The smallest absolute Gasteiger partial charge is 0.312 e. The highest BCUT2D eigenvalue weighted by molar-refractivity contribution is 9.11. The van der Waals surface area contributed by atoms with Crippen LogP contribution in [0.1, 0.15) is 11.1 Å². The molecule has 0 radical (unpaired) electrons. The van der Waals surface area contributed by atoms with Crippen molar-refractivity contribution < 1.29 is 44.6 Å². The molecule has 0 amide bonds. The van der Waals surface area contributed by atoms with E-state index in [9.17, 15) is 35.1 Å². The van der Waals surface area contributed by atoms with Gasteiger partial charge in [-0.05, 0) is 75.6 Å². The van der Waals surface area contributed by atoms with Crippen molar-refractivity contribution in [1.29, 1.82) is 0 Å². The van der Waals surface area contributed by atoms with Crippen LogP contribution in [-0.2, 0) is 11.8 Å². The minimum Gasteiger partial charge on any atom is -0.454 e. The van der Waals surface area contributed by atoms with Gasteiger partial charge in [0, 0.05) is 11.8 Å². The Labute approximate surface area is 253 Å². The summed E-state index contributed by atoms with van der Waals surface area (Å²) >= 11 is 5.23. The molecule has 222 valence electrons. The zero-order valence-electron chi connectivity index (χ0n) is 21.2. The van der Waals surface area contributed by atoms with Gasteiger partial charge < -0.3 is 9.47 Å². The lowest BCUT2D eigenvalue weighted by atomic mass is 10.1. The molecule has 0 saturated carbocycles. The van der Waals surface area contributed by atoms with Crippen LogP contribution < -0.4 is 9.47 Å². The van der Waals surface area contributed by atoms with Gasteiger partial charge in [-0.25, -0.2) is 13.2 Å². The summed E-state index contributed by atoms with van der Waals surface area (Å²) in [5.74, 6) is -1.40. The van der Waals surface area contributed by atoms with Gasteiger partial charge in [-0.1, -0.05) is 64.5 Å². The van der Waals surface area contributed by atoms with E-state index in [0.29, 0.717) is 16.8 Å². The van der Waals surface area contributed by atoms with E-state index in [0.717, 1.165) is 11.6 Å². The predicted molar refractivity (Wildman–Crippen MR) is 152 cm³/mol. The minimum atomic E-state index is -2.38. The van der Waals surface area contributed by atoms with Gasteiger partial charge in [0.2, 0.25) is 4.74 Å². The Hall–Kier alpha value is -3.64. The molecule has 0 fully saturated rings. The number of hydrogen-bond acceptors (Lipinski definition) is 2. The number of para-hydroxylation sites is 2. The van der Waals surface area contributed by atoms with Gasteiger partial charge in [-0.15, -0.1) is 0 Å². The van der Waals surface area contributed by atoms with Gasteiger partial charge in [-0.2, -0.15) is 22.0 Å². The summed E-state index contributed by atoms with van der Waals surface area (Å²) in [5, 5.41) is 0.679. The number of ether oxygens (including phenoxy) is 2. The SMILES string of the molecule is FC(F)=C(F)Br.FC(F)=C(F)Cc1ccc(F)c(Oc2ccccc2)c1.Fc1ccc(CBr)cc1Oc1ccccc1. The molecule has 4 aromatic carbocycles. The first-order valence-corrected chi connectivity index (χ1v) is 13.6. The summed E-state index contributed by atoms with van der Waals surface area (Å²) < 4.78 is 105. The molecule has 4 aromatic rings. The molecule has 0 saturated heterocycles. The van der Waals surface area contributed by atoms with E-state index < -0.39 is 35.0 Å². The molecule has 0 N–H and O–H groups in total. The monoisotopic (exact) mass is 722 g/mol. The second-order valence-corrected chi connectivity index (χ2v) is 9.11. The van der Waals surface area contributed by atoms with Crippen LogP contribution in [0.5, 0.6) is 23.0 Å². The molecule has 2 nitrogen and oxygen atoms in total. The molecular weight excluding hydrogens is 704 g/mol. The lowest BCUT2D eigenvalue weighted by Gasteiger charge is -2.08. The van der Waals surface area contributed by atoms with Crippen molar-refractivity contribution >= 4 is 31.9 Å². The predicted octanol–water partition coefficient (Wildman–Crippen LogP) is 12.2. The molecule has 0 spiro atoms. The van der Waals surface area contributed by atoms with Crippen LogP contribution >= 0.6 is 31.9 Å². The average Bonchev–Trinajstić information content (AvgIpc) is 2.97. The van der Waals surface area contributed by atoms with Gasteiger partial charge in [0.15, 0.2) is 29.0 Å². The summed E-state index contributed by atoms with van der Waals surface area (Å²) in [7, 11) is 0. The molecule has 0 unspecified atom stereocenters. The quantitative estimate of drug-likeness (QED) is 0.140. The van der Waals surface area contributed by atoms with Crippen molar-refractivity contribution in [3.8, 4) is 23.0 Å². The van der Waals surface area contributed by atoms with Crippen molar-refractivity contribution in [2.75, 3.05) is 0 Å². The van der Waals surface area contributed by atoms with E-state index in [1.54, 1.807) is 54.6 Å². The van der Waals surface area contributed by atoms with Crippen LogP contribution in [0.4, 0.5) is 35.1 Å². The second kappa shape index (κ2) is 18.0. The maximum atomic E-state index is 13.6. The second-order valence-electron chi connectivity index (χ2n) is 7.86. The van der Waals surface area contributed by atoms with Crippen LogP contribution in [-0.4, -0.2) is 0 Å². The summed E-state index contributed by atoms with van der Waals surface area (Å²) in [4.78, 5) is 0. The van der Waals surface area contributed by atoms with Crippen molar-refractivity contribution in [2.24, 2.45) is 0 Å². The molecule has 0 aliphatic heterocycles. The fourth-order valence-corrected chi connectivity index (χ4v) is 3.27. The third kappa shape index (κ3) is 12.5. The Balaban J connectivity index is 0.000000250. The van der Waals surface area contributed by atoms with Crippen LogP contribution in [0.15, 0.2) is 120 Å². The molecule has 0 heterocycles. The summed E-state index contributed by atoms with van der Waals surface area (Å²) in [6.07, 6.45) is -5.30. The minimum absolute atomic E-state index is 0.138. The molecule has 4 rings (SSSR count). The normalized spacial score (nSPS) is 9.86. The lowest BCUT2D eigenvalue weighted by molar-refractivity contribution is 0.374. The Morgan fingerprint density at radius 2 is 0.976 bits per heavy atom. The first-order chi connectivity index (χ1) is 20.0. The van der Waals surface area contributed by atoms with Crippen LogP contribution in [0.25, 0.3) is 0 Å². The van der Waals surface area contributed by atoms with E-state index >= 15 is 0 Å². The molecule has 0 aliphatic rings. The Morgan fingerprint density at radius 3 is 1.36 bits per heavy atom.